The van der Waals surface area contributed by atoms with Crippen LogP contribution < -0.4 is 0 Å². The summed E-state index contributed by atoms with van der Waals surface area (Å²) in [5, 5.41) is 4.73. The number of halogens is 2. The molecular weight excluding hydrogens is 328 g/mol. The van der Waals surface area contributed by atoms with E-state index in [-0.39, 0.29) is 5.92 Å². The Morgan fingerprint density at radius 2 is 2.11 bits per heavy atom. The molecule has 0 amide bonds. The van der Waals surface area contributed by atoms with Crippen molar-refractivity contribution < 1.29 is 0 Å². The summed E-state index contributed by atoms with van der Waals surface area (Å²) in [4.78, 5) is 8.89. The van der Waals surface area contributed by atoms with Gasteiger partial charge in [-0.3, -0.25) is 4.68 Å². The summed E-state index contributed by atoms with van der Waals surface area (Å²) in [5.74, 6) is 0.901. The molecule has 19 heavy (non-hydrogen) atoms. The number of hydrogen-bond donors (Lipinski definition) is 0. The minimum Gasteiger partial charge on any atom is -0.272 e. The lowest BCUT2D eigenvalue weighted by atomic mass is 10.1. The molecule has 4 nitrogen and oxygen atoms in total. The van der Waals surface area contributed by atoms with Crippen LogP contribution in [-0.2, 0) is 6.54 Å². The molecule has 2 heterocycles. The summed E-state index contributed by atoms with van der Waals surface area (Å²) in [5.41, 5.74) is 1.81. The highest BCUT2D eigenvalue weighted by Gasteiger charge is 2.15. The maximum Gasteiger partial charge on any atom is 0.164 e. The van der Waals surface area contributed by atoms with E-state index >= 15 is 0 Å². The summed E-state index contributed by atoms with van der Waals surface area (Å²) >= 11 is 9.60. The Hall–Kier alpha value is -0.940. The van der Waals surface area contributed by atoms with Gasteiger partial charge in [0.05, 0.1) is 21.9 Å². The molecule has 6 heteroatoms. The van der Waals surface area contributed by atoms with Gasteiger partial charge < -0.3 is 0 Å². The fraction of sp³-hybridized carbons (Fsp3) is 0.462. The SMILES string of the molecule is CCCn1cc(-c2nc(Cl)c(Br)c(C(C)C)n2)cn1. The summed E-state index contributed by atoms with van der Waals surface area (Å²) in [6.07, 6.45) is 4.77. The van der Waals surface area contributed by atoms with Crippen LogP contribution in [0.4, 0.5) is 0 Å². The Labute approximate surface area is 126 Å². The van der Waals surface area contributed by atoms with Gasteiger partial charge in [-0.25, -0.2) is 9.97 Å². The Kier molecular flexibility index (Phi) is 4.58. The number of aryl methyl sites for hydroxylation is 1. The molecule has 0 aliphatic heterocycles. The van der Waals surface area contributed by atoms with Crippen LogP contribution in [0.3, 0.4) is 0 Å². The van der Waals surface area contributed by atoms with Crippen molar-refractivity contribution in [2.75, 3.05) is 0 Å². The monoisotopic (exact) mass is 342 g/mol. The minimum absolute atomic E-state index is 0.277. The van der Waals surface area contributed by atoms with Gasteiger partial charge in [0.25, 0.3) is 0 Å². The van der Waals surface area contributed by atoms with Crippen LogP contribution in [0.5, 0.6) is 0 Å². The van der Waals surface area contributed by atoms with Crippen LogP contribution in [0, 0.1) is 0 Å². The largest absolute Gasteiger partial charge is 0.272 e. The highest BCUT2D eigenvalue weighted by Crippen LogP contribution is 2.30. The molecule has 0 aliphatic carbocycles. The van der Waals surface area contributed by atoms with Crippen LogP contribution in [0.1, 0.15) is 38.8 Å². The lowest BCUT2D eigenvalue weighted by molar-refractivity contribution is 0.603. The number of nitrogens with zero attached hydrogens (tertiary/aromatic N) is 4. The van der Waals surface area contributed by atoms with Crippen LogP contribution in [0.25, 0.3) is 11.4 Å². The third kappa shape index (κ3) is 3.15. The second-order valence-electron chi connectivity index (χ2n) is 4.68. The third-order valence-corrected chi connectivity index (χ3v) is 4.01. The van der Waals surface area contributed by atoms with E-state index in [2.05, 4.69) is 51.8 Å². The standard InChI is InChI=1S/C13H16BrClN4/c1-4-5-19-7-9(6-16-19)13-17-11(8(2)3)10(14)12(15)18-13/h6-8H,4-5H2,1-3H3. The second kappa shape index (κ2) is 6.01. The van der Waals surface area contributed by atoms with E-state index in [1.165, 1.54) is 0 Å². The van der Waals surface area contributed by atoms with Crippen molar-refractivity contribution in [3.63, 3.8) is 0 Å². The smallest absolute Gasteiger partial charge is 0.164 e. The van der Waals surface area contributed by atoms with Crippen LogP contribution >= 0.6 is 27.5 Å². The molecule has 0 radical (unpaired) electrons. The summed E-state index contributed by atoms with van der Waals surface area (Å²) < 4.78 is 2.66. The van der Waals surface area contributed by atoms with Crippen molar-refractivity contribution in [1.82, 2.24) is 19.7 Å². The van der Waals surface area contributed by atoms with Crippen molar-refractivity contribution in [3.05, 3.63) is 27.7 Å². The van der Waals surface area contributed by atoms with Crippen molar-refractivity contribution in [1.29, 1.82) is 0 Å². The molecule has 0 N–H and O–H groups in total. The van der Waals surface area contributed by atoms with Gasteiger partial charge in [-0.15, -0.1) is 0 Å². The Bertz CT molecular complexity index is 580. The van der Waals surface area contributed by atoms with E-state index in [0.29, 0.717) is 11.0 Å². The first-order valence-electron chi connectivity index (χ1n) is 6.28. The lowest BCUT2D eigenvalue weighted by Gasteiger charge is -2.09. The number of hydrogen-bond acceptors (Lipinski definition) is 3. The molecule has 2 aromatic heterocycles. The second-order valence-corrected chi connectivity index (χ2v) is 5.84. The minimum atomic E-state index is 0.277. The van der Waals surface area contributed by atoms with Crippen LogP contribution in [0.2, 0.25) is 5.15 Å². The van der Waals surface area contributed by atoms with E-state index in [4.69, 9.17) is 11.6 Å². The van der Waals surface area contributed by atoms with E-state index in [9.17, 15) is 0 Å². The Morgan fingerprint density at radius 3 is 2.74 bits per heavy atom. The lowest BCUT2D eigenvalue weighted by Crippen LogP contribution is -2.00. The molecule has 0 unspecified atom stereocenters. The molecule has 2 aromatic rings. The zero-order chi connectivity index (χ0) is 14.0. The Morgan fingerprint density at radius 1 is 1.37 bits per heavy atom. The number of aromatic nitrogens is 4. The fourth-order valence-electron chi connectivity index (χ4n) is 1.78. The highest BCUT2D eigenvalue weighted by molar-refractivity contribution is 9.10. The van der Waals surface area contributed by atoms with Gasteiger partial charge in [-0.05, 0) is 28.3 Å². The fourth-order valence-corrected chi connectivity index (χ4v) is 2.59. The molecule has 0 fully saturated rings. The normalized spacial score (nSPS) is 11.3. The van der Waals surface area contributed by atoms with Gasteiger partial charge in [0, 0.05) is 12.7 Å². The molecular formula is C13H16BrClN4. The molecule has 0 bridgehead atoms. The van der Waals surface area contributed by atoms with Crippen molar-refractivity contribution >= 4 is 27.5 Å². The molecule has 0 atom stereocenters. The number of rotatable bonds is 4. The first-order chi connectivity index (χ1) is 9.02. The third-order valence-electron chi connectivity index (χ3n) is 2.73. The molecule has 2 rings (SSSR count). The Balaban J connectivity index is 2.44. The average Bonchev–Trinajstić information content (AvgIpc) is 2.81. The summed E-state index contributed by atoms with van der Waals surface area (Å²) in [7, 11) is 0. The van der Waals surface area contributed by atoms with Gasteiger partial charge in [-0.1, -0.05) is 32.4 Å². The van der Waals surface area contributed by atoms with Crippen molar-refractivity contribution in [3.8, 4) is 11.4 Å². The van der Waals surface area contributed by atoms with Gasteiger partial charge in [0.1, 0.15) is 5.15 Å². The molecule has 0 aromatic carbocycles. The summed E-state index contributed by atoms with van der Waals surface area (Å²) in [6, 6.07) is 0. The molecule has 0 saturated heterocycles. The van der Waals surface area contributed by atoms with Gasteiger partial charge >= 0.3 is 0 Å². The predicted octanol–water partition coefficient (Wildman–Crippen LogP) is 4.29. The van der Waals surface area contributed by atoms with Gasteiger partial charge in [-0.2, -0.15) is 5.10 Å². The average molecular weight is 344 g/mol. The van der Waals surface area contributed by atoms with E-state index in [1.807, 2.05) is 10.9 Å². The van der Waals surface area contributed by atoms with E-state index in [1.54, 1.807) is 6.20 Å². The zero-order valence-corrected chi connectivity index (χ0v) is 13.5. The van der Waals surface area contributed by atoms with Gasteiger partial charge in [0.15, 0.2) is 5.82 Å². The molecule has 102 valence electrons. The predicted molar refractivity (Wildman–Crippen MR) is 80.3 cm³/mol. The van der Waals surface area contributed by atoms with Crippen LogP contribution in [0.15, 0.2) is 16.9 Å². The first-order valence-corrected chi connectivity index (χ1v) is 7.45. The molecule has 0 spiro atoms. The quantitative estimate of drug-likeness (QED) is 0.778. The summed E-state index contributed by atoms with van der Waals surface area (Å²) in [6.45, 7) is 7.16. The van der Waals surface area contributed by atoms with E-state index < -0.39 is 0 Å². The first kappa shape index (κ1) is 14.5. The maximum atomic E-state index is 6.16. The molecule has 0 aliphatic rings. The van der Waals surface area contributed by atoms with Gasteiger partial charge in [0.2, 0.25) is 0 Å². The highest BCUT2D eigenvalue weighted by atomic mass is 79.9. The zero-order valence-electron chi connectivity index (χ0n) is 11.2. The van der Waals surface area contributed by atoms with Crippen LogP contribution in [-0.4, -0.2) is 19.7 Å². The van der Waals surface area contributed by atoms with Crippen molar-refractivity contribution in [2.45, 2.75) is 39.7 Å². The van der Waals surface area contributed by atoms with E-state index in [0.717, 1.165) is 28.7 Å². The maximum absolute atomic E-state index is 6.16. The molecule has 0 saturated carbocycles. The van der Waals surface area contributed by atoms with Crippen molar-refractivity contribution in [2.24, 2.45) is 0 Å². The topological polar surface area (TPSA) is 43.6 Å².